The van der Waals surface area contributed by atoms with Crippen molar-refractivity contribution in [1.29, 1.82) is 0 Å². The zero-order chi connectivity index (χ0) is 26.2. The van der Waals surface area contributed by atoms with Gasteiger partial charge in [-0.15, -0.1) is 11.3 Å². The Morgan fingerprint density at radius 3 is 2.89 bits per heavy atom. The van der Waals surface area contributed by atoms with E-state index in [1.54, 1.807) is 23.6 Å². The predicted molar refractivity (Wildman–Crippen MR) is 142 cm³/mol. The predicted octanol–water partition coefficient (Wildman–Crippen LogP) is 3.89. The average molecular weight is 533 g/mol. The number of hydrogen-bond donors (Lipinski definition) is 3. The number of halogens is 1. The lowest BCUT2D eigenvalue weighted by Gasteiger charge is -2.19. The van der Waals surface area contributed by atoms with Crippen molar-refractivity contribution < 1.29 is 9.18 Å². The summed E-state index contributed by atoms with van der Waals surface area (Å²) in [5.41, 5.74) is 1.80. The van der Waals surface area contributed by atoms with Crippen LogP contribution in [0.4, 0.5) is 22.0 Å². The summed E-state index contributed by atoms with van der Waals surface area (Å²) >= 11 is 1.55. The van der Waals surface area contributed by atoms with E-state index in [0.717, 1.165) is 27.7 Å². The van der Waals surface area contributed by atoms with E-state index in [2.05, 4.69) is 35.8 Å². The molecule has 1 amide bonds. The quantitative estimate of drug-likeness (QED) is 0.288. The molecule has 6 heterocycles. The molecule has 0 spiro atoms. The van der Waals surface area contributed by atoms with Crippen LogP contribution in [0.1, 0.15) is 30.6 Å². The zero-order valence-corrected chi connectivity index (χ0v) is 21.5. The molecule has 13 heteroatoms. The maximum atomic E-state index is 13.2. The van der Waals surface area contributed by atoms with Gasteiger partial charge >= 0.3 is 0 Å². The molecule has 1 aliphatic rings. The number of aromatic amines is 1. The number of amides is 1. The third-order valence-electron chi connectivity index (χ3n) is 6.52. The number of thiophene rings is 1. The fourth-order valence-corrected chi connectivity index (χ4v) is 5.23. The van der Waals surface area contributed by atoms with Gasteiger partial charge in [-0.1, -0.05) is 6.07 Å². The largest absolute Gasteiger partial charge is 0.349 e. The Morgan fingerprint density at radius 2 is 2.16 bits per heavy atom. The molecule has 5 aromatic rings. The number of anilines is 3. The molecule has 6 rings (SSSR count). The smallest absolute Gasteiger partial charge is 0.228 e. The molecule has 5 aromatic heterocycles. The zero-order valence-electron chi connectivity index (χ0n) is 20.7. The molecule has 194 valence electrons. The Labute approximate surface area is 221 Å². The standard InChI is InChI=1S/C25H25FN10OS/c1-14-9-20(34-33-14)30-22-19-6-8-38-24(19)32-25(31-22)35-7-5-17(12-35)23(37)29-15(2)16-3-4-21(27-10-16)36-13-18(26)11-28-36/h3-4,6,8-11,13,15,17H,5,7,12H2,1-2H3,(H,29,37)(H2,30,31,32,33,34)/t15-,17?/m0/s1. The number of nitrogens with one attached hydrogen (secondary N) is 3. The monoisotopic (exact) mass is 532 g/mol. The number of pyridine rings is 1. The van der Waals surface area contributed by atoms with Crippen LogP contribution in [0.15, 0.2) is 48.2 Å². The second-order valence-corrected chi connectivity index (χ2v) is 10.2. The van der Waals surface area contributed by atoms with Gasteiger partial charge in [-0.25, -0.2) is 19.0 Å². The van der Waals surface area contributed by atoms with Crippen LogP contribution < -0.4 is 15.5 Å². The van der Waals surface area contributed by atoms with Gasteiger partial charge in [-0.3, -0.25) is 9.89 Å². The summed E-state index contributed by atoms with van der Waals surface area (Å²) in [4.78, 5) is 29.9. The van der Waals surface area contributed by atoms with Crippen molar-refractivity contribution in [2.24, 2.45) is 5.92 Å². The van der Waals surface area contributed by atoms with Crippen LogP contribution in [0.2, 0.25) is 0 Å². The van der Waals surface area contributed by atoms with E-state index >= 15 is 0 Å². The van der Waals surface area contributed by atoms with Gasteiger partial charge in [0.25, 0.3) is 0 Å². The molecular weight excluding hydrogens is 507 g/mol. The Balaban J connectivity index is 1.12. The summed E-state index contributed by atoms with van der Waals surface area (Å²) in [5, 5.41) is 20.4. The number of fused-ring (bicyclic) bond motifs is 1. The summed E-state index contributed by atoms with van der Waals surface area (Å²) in [7, 11) is 0. The van der Waals surface area contributed by atoms with Crippen LogP contribution >= 0.6 is 11.3 Å². The van der Waals surface area contributed by atoms with E-state index < -0.39 is 5.82 Å². The number of aromatic nitrogens is 7. The third-order valence-corrected chi connectivity index (χ3v) is 7.33. The van der Waals surface area contributed by atoms with E-state index in [1.165, 1.54) is 10.9 Å². The van der Waals surface area contributed by atoms with Crippen molar-refractivity contribution in [3.63, 3.8) is 0 Å². The molecule has 38 heavy (non-hydrogen) atoms. The van der Waals surface area contributed by atoms with Crippen LogP contribution in [0.3, 0.4) is 0 Å². The van der Waals surface area contributed by atoms with Crippen molar-refractivity contribution in [2.75, 3.05) is 23.3 Å². The maximum absolute atomic E-state index is 13.2. The summed E-state index contributed by atoms with van der Waals surface area (Å²) in [6, 6.07) is 7.27. The number of hydrogen-bond acceptors (Lipinski definition) is 9. The normalized spacial score (nSPS) is 16.2. The topological polar surface area (TPSA) is 130 Å². The van der Waals surface area contributed by atoms with Gasteiger partial charge in [0.2, 0.25) is 11.9 Å². The lowest BCUT2D eigenvalue weighted by molar-refractivity contribution is -0.125. The second-order valence-electron chi connectivity index (χ2n) is 9.29. The van der Waals surface area contributed by atoms with Gasteiger partial charge in [0, 0.05) is 31.0 Å². The van der Waals surface area contributed by atoms with E-state index in [1.807, 2.05) is 37.4 Å². The molecule has 1 saturated heterocycles. The Bertz CT molecular complexity index is 1590. The molecule has 1 fully saturated rings. The Morgan fingerprint density at radius 1 is 1.26 bits per heavy atom. The number of nitrogens with zero attached hydrogens (tertiary/aromatic N) is 7. The molecule has 1 unspecified atom stereocenters. The van der Waals surface area contributed by atoms with Crippen molar-refractivity contribution >= 4 is 45.0 Å². The highest BCUT2D eigenvalue weighted by Gasteiger charge is 2.31. The molecule has 0 radical (unpaired) electrons. The van der Waals surface area contributed by atoms with Gasteiger partial charge in [0.15, 0.2) is 17.5 Å². The first-order chi connectivity index (χ1) is 18.4. The lowest BCUT2D eigenvalue weighted by Crippen LogP contribution is -2.34. The molecule has 1 aliphatic heterocycles. The minimum atomic E-state index is -0.428. The number of rotatable bonds is 7. The van der Waals surface area contributed by atoms with Gasteiger partial charge in [0.05, 0.1) is 29.7 Å². The highest BCUT2D eigenvalue weighted by atomic mass is 32.1. The van der Waals surface area contributed by atoms with Crippen LogP contribution in [-0.4, -0.2) is 53.9 Å². The van der Waals surface area contributed by atoms with Gasteiger partial charge in [-0.05, 0) is 43.3 Å². The fourth-order valence-electron chi connectivity index (χ4n) is 4.47. The minimum absolute atomic E-state index is 0.0271. The van der Waals surface area contributed by atoms with Crippen LogP contribution in [0.5, 0.6) is 0 Å². The molecule has 2 atom stereocenters. The minimum Gasteiger partial charge on any atom is -0.349 e. The Kier molecular flexibility index (Phi) is 6.19. The molecule has 0 bridgehead atoms. The van der Waals surface area contributed by atoms with Gasteiger partial charge in [-0.2, -0.15) is 15.2 Å². The number of carbonyl (C=O) groups is 1. The summed E-state index contributed by atoms with van der Waals surface area (Å²) in [6.07, 6.45) is 4.76. The summed E-state index contributed by atoms with van der Waals surface area (Å²) < 4.78 is 14.6. The third kappa shape index (κ3) is 4.79. The van der Waals surface area contributed by atoms with E-state index in [-0.39, 0.29) is 17.9 Å². The van der Waals surface area contributed by atoms with Crippen molar-refractivity contribution in [2.45, 2.75) is 26.3 Å². The van der Waals surface area contributed by atoms with Crippen molar-refractivity contribution in [1.82, 2.24) is 40.2 Å². The second kappa shape index (κ2) is 9.82. The lowest BCUT2D eigenvalue weighted by atomic mass is 10.1. The van der Waals surface area contributed by atoms with Crippen LogP contribution in [0, 0.1) is 18.7 Å². The van der Waals surface area contributed by atoms with Crippen molar-refractivity contribution in [3.05, 3.63) is 65.3 Å². The van der Waals surface area contributed by atoms with Crippen molar-refractivity contribution in [3.8, 4) is 5.82 Å². The molecule has 3 N–H and O–H groups in total. The van der Waals surface area contributed by atoms with Crippen LogP contribution in [0.25, 0.3) is 16.0 Å². The first-order valence-electron chi connectivity index (χ1n) is 12.2. The summed E-state index contributed by atoms with van der Waals surface area (Å²) in [6.45, 7) is 5.06. The maximum Gasteiger partial charge on any atom is 0.228 e. The number of aryl methyl sites for hydroxylation is 1. The Hall–Kier alpha value is -4.39. The first-order valence-corrected chi connectivity index (χ1v) is 13.1. The van der Waals surface area contributed by atoms with Gasteiger partial charge < -0.3 is 15.5 Å². The van der Waals surface area contributed by atoms with Crippen LogP contribution in [-0.2, 0) is 4.79 Å². The number of carbonyl (C=O) groups excluding carboxylic acids is 1. The fraction of sp³-hybridized carbons (Fsp3) is 0.280. The number of H-pyrrole nitrogens is 1. The molecule has 0 aromatic carbocycles. The molecular formula is C25H25FN10OS. The first kappa shape index (κ1) is 24.0. The van der Waals surface area contributed by atoms with Gasteiger partial charge in [0.1, 0.15) is 10.6 Å². The average Bonchev–Trinajstić information content (AvgIpc) is 3.72. The SMILES string of the molecule is Cc1cc(Nc2nc(N3CCC(C(=O)N[C@@H](C)c4ccc(-n5cc(F)cn5)nc4)C3)nc3sccc23)n[nH]1. The van der Waals surface area contributed by atoms with E-state index in [9.17, 15) is 9.18 Å². The summed E-state index contributed by atoms with van der Waals surface area (Å²) in [5.74, 6) is 1.82. The molecule has 0 saturated carbocycles. The van der Waals surface area contributed by atoms with E-state index in [0.29, 0.717) is 42.9 Å². The molecule has 11 nitrogen and oxygen atoms in total. The molecule has 0 aliphatic carbocycles. The highest BCUT2D eigenvalue weighted by molar-refractivity contribution is 7.16. The van der Waals surface area contributed by atoms with E-state index in [4.69, 9.17) is 9.97 Å². The highest BCUT2D eigenvalue weighted by Crippen LogP contribution is 2.31.